The number of carboxylic acid groups (broad SMARTS) is 1. The number of rotatable bonds is 14. The normalized spacial score (nSPS) is 21.7. The van der Waals surface area contributed by atoms with Crippen LogP contribution in [0.15, 0.2) is 85.5 Å². The molecule has 46 heavy (non-hydrogen) atoms. The fourth-order valence-corrected chi connectivity index (χ4v) is 6.57. The standard InChI is InChI=1S/C38H46N2O6/c1-3-21-40(33-9-4-5-10-33)24-34-26(2)37(30-13-11-27(25-41)12-14-30)46-38(45-34)31-17-15-29(16-18-31)32-8-6-7-28(22-32)23-39-35(42)19-20-36(43)44/h3,6-8,11-18,22,26,33-34,37-38,41H,1,4-5,9-10,19-21,23-25H2,2H3,(H,39,42)(H,43,44). The SMILES string of the molecule is C=CCN(CC1OC(c2ccc(-c3cccc(CNC(=O)CCC(=O)O)c3)cc2)OC(c2ccc(CO)cc2)C1C)C1CCCC1. The Hall–Kier alpha value is -3.82. The summed E-state index contributed by atoms with van der Waals surface area (Å²) in [7, 11) is 0. The third kappa shape index (κ3) is 8.70. The van der Waals surface area contributed by atoms with E-state index in [2.05, 4.69) is 60.1 Å². The average Bonchev–Trinajstić information content (AvgIpc) is 3.62. The van der Waals surface area contributed by atoms with Crippen LogP contribution in [0, 0.1) is 5.92 Å². The Kier molecular flexibility index (Phi) is 11.8. The number of benzene rings is 3. The van der Waals surface area contributed by atoms with Crippen LogP contribution < -0.4 is 5.32 Å². The van der Waals surface area contributed by atoms with Gasteiger partial charge in [0.15, 0.2) is 6.29 Å². The molecule has 5 rings (SSSR count). The zero-order chi connectivity index (χ0) is 32.5. The molecule has 8 nitrogen and oxygen atoms in total. The predicted octanol–water partition coefficient (Wildman–Crippen LogP) is 6.55. The first kappa shape index (κ1) is 33.5. The maximum Gasteiger partial charge on any atom is 0.303 e. The number of ether oxygens (including phenoxy) is 2. The van der Waals surface area contributed by atoms with Gasteiger partial charge in [-0.3, -0.25) is 14.5 Å². The highest BCUT2D eigenvalue weighted by atomic mass is 16.7. The number of nitrogens with one attached hydrogen (secondary N) is 1. The third-order valence-corrected chi connectivity index (χ3v) is 9.24. The molecule has 244 valence electrons. The van der Waals surface area contributed by atoms with E-state index in [-0.39, 0.29) is 43.5 Å². The number of carboxylic acids is 1. The fraction of sp³-hybridized carbons (Fsp3) is 0.421. The molecule has 2 aliphatic rings. The summed E-state index contributed by atoms with van der Waals surface area (Å²) in [5.74, 6) is -1.16. The molecule has 4 unspecified atom stereocenters. The summed E-state index contributed by atoms with van der Waals surface area (Å²) in [4.78, 5) is 25.3. The van der Waals surface area contributed by atoms with E-state index in [1.165, 1.54) is 25.7 Å². The molecule has 3 aromatic carbocycles. The van der Waals surface area contributed by atoms with Gasteiger partial charge in [0.05, 0.1) is 25.2 Å². The summed E-state index contributed by atoms with van der Waals surface area (Å²) in [5, 5.41) is 21.2. The summed E-state index contributed by atoms with van der Waals surface area (Å²) in [5.41, 5.74) is 5.85. The number of carbonyl (C=O) groups is 2. The van der Waals surface area contributed by atoms with Gasteiger partial charge in [0.1, 0.15) is 0 Å². The van der Waals surface area contributed by atoms with E-state index in [0.717, 1.165) is 46.5 Å². The number of aliphatic hydroxyl groups is 1. The zero-order valence-electron chi connectivity index (χ0n) is 26.6. The number of aliphatic hydroxyl groups excluding tert-OH is 1. The highest BCUT2D eigenvalue weighted by Gasteiger charge is 2.40. The molecule has 4 atom stereocenters. The average molecular weight is 627 g/mol. The van der Waals surface area contributed by atoms with Crippen LogP contribution in [0.5, 0.6) is 0 Å². The Labute approximate surface area is 272 Å². The second kappa shape index (κ2) is 16.1. The van der Waals surface area contributed by atoms with Crippen LogP contribution in [0.2, 0.25) is 0 Å². The first-order chi connectivity index (χ1) is 22.3. The summed E-state index contributed by atoms with van der Waals surface area (Å²) in [6.07, 6.45) is 5.95. The molecule has 3 N–H and O–H groups in total. The second-order valence-electron chi connectivity index (χ2n) is 12.5. The highest BCUT2D eigenvalue weighted by molar-refractivity contribution is 5.80. The summed E-state index contributed by atoms with van der Waals surface area (Å²) < 4.78 is 13.5. The molecule has 2 fully saturated rings. The molecular formula is C38H46N2O6. The largest absolute Gasteiger partial charge is 0.481 e. The van der Waals surface area contributed by atoms with Crippen molar-refractivity contribution in [2.24, 2.45) is 5.92 Å². The van der Waals surface area contributed by atoms with Crippen molar-refractivity contribution in [1.29, 1.82) is 0 Å². The van der Waals surface area contributed by atoms with Gasteiger partial charge < -0.3 is 25.0 Å². The van der Waals surface area contributed by atoms with Gasteiger partial charge in [0.25, 0.3) is 0 Å². The first-order valence-electron chi connectivity index (χ1n) is 16.4. The Bertz CT molecular complexity index is 1450. The molecule has 8 heteroatoms. The van der Waals surface area contributed by atoms with Gasteiger partial charge in [-0.25, -0.2) is 0 Å². The smallest absolute Gasteiger partial charge is 0.303 e. The van der Waals surface area contributed by atoms with Gasteiger partial charge in [0, 0.05) is 43.6 Å². The maximum atomic E-state index is 12.0. The number of aliphatic carboxylic acids is 1. The number of hydrogen-bond donors (Lipinski definition) is 3. The van der Waals surface area contributed by atoms with Crippen LogP contribution in [0.4, 0.5) is 0 Å². The minimum atomic E-state index is -0.986. The number of amides is 1. The van der Waals surface area contributed by atoms with Gasteiger partial charge in [0.2, 0.25) is 5.91 Å². The number of nitrogens with zero attached hydrogens (tertiary/aromatic N) is 1. The summed E-state index contributed by atoms with van der Waals surface area (Å²) >= 11 is 0. The lowest BCUT2D eigenvalue weighted by atomic mass is 9.89. The Morgan fingerprint density at radius 3 is 2.33 bits per heavy atom. The van der Waals surface area contributed by atoms with Crippen molar-refractivity contribution >= 4 is 11.9 Å². The summed E-state index contributed by atoms with van der Waals surface area (Å²) in [6.45, 7) is 8.21. The van der Waals surface area contributed by atoms with E-state index in [1.54, 1.807) is 0 Å². The molecular weight excluding hydrogens is 580 g/mol. The Morgan fingerprint density at radius 1 is 0.935 bits per heavy atom. The molecule has 1 heterocycles. The second-order valence-corrected chi connectivity index (χ2v) is 12.5. The van der Waals surface area contributed by atoms with Crippen molar-refractivity contribution in [3.05, 3.63) is 108 Å². The van der Waals surface area contributed by atoms with Crippen LogP contribution >= 0.6 is 0 Å². The Balaban J connectivity index is 1.33. The van der Waals surface area contributed by atoms with Gasteiger partial charge in [-0.05, 0) is 46.7 Å². The molecule has 1 aliphatic heterocycles. The first-order valence-corrected chi connectivity index (χ1v) is 16.4. The molecule has 1 saturated heterocycles. The van der Waals surface area contributed by atoms with E-state index in [4.69, 9.17) is 14.6 Å². The van der Waals surface area contributed by atoms with Crippen molar-refractivity contribution in [3.8, 4) is 11.1 Å². The summed E-state index contributed by atoms with van der Waals surface area (Å²) in [6, 6.07) is 24.7. The van der Waals surface area contributed by atoms with E-state index in [1.807, 2.05) is 42.5 Å². The molecule has 0 bridgehead atoms. The highest BCUT2D eigenvalue weighted by Crippen LogP contribution is 2.42. The topological polar surface area (TPSA) is 108 Å². The van der Waals surface area contributed by atoms with Gasteiger partial charge in [-0.1, -0.05) is 92.6 Å². The minimum Gasteiger partial charge on any atom is -0.481 e. The minimum absolute atomic E-state index is 0.00427. The molecule has 1 saturated carbocycles. The van der Waals surface area contributed by atoms with Crippen molar-refractivity contribution in [3.63, 3.8) is 0 Å². The monoisotopic (exact) mass is 626 g/mol. The molecule has 0 radical (unpaired) electrons. The van der Waals surface area contributed by atoms with Crippen LogP contribution in [-0.4, -0.2) is 52.2 Å². The van der Waals surface area contributed by atoms with Crippen molar-refractivity contribution in [2.45, 2.75) is 83.1 Å². The quantitative estimate of drug-likeness (QED) is 0.174. The maximum absolute atomic E-state index is 12.0. The van der Waals surface area contributed by atoms with Crippen molar-refractivity contribution in [1.82, 2.24) is 10.2 Å². The Morgan fingerprint density at radius 2 is 1.65 bits per heavy atom. The van der Waals surface area contributed by atoms with Gasteiger partial charge in [-0.15, -0.1) is 6.58 Å². The van der Waals surface area contributed by atoms with Crippen molar-refractivity contribution < 1.29 is 29.3 Å². The predicted molar refractivity (Wildman–Crippen MR) is 178 cm³/mol. The number of carbonyl (C=O) groups excluding carboxylic acids is 1. The van der Waals surface area contributed by atoms with E-state index in [0.29, 0.717) is 12.6 Å². The fourth-order valence-electron chi connectivity index (χ4n) is 6.57. The molecule has 3 aromatic rings. The lowest BCUT2D eigenvalue weighted by Gasteiger charge is -2.43. The molecule has 0 spiro atoms. The van der Waals surface area contributed by atoms with Crippen LogP contribution in [0.3, 0.4) is 0 Å². The lowest BCUT2D eigenvalue weighted by molar-refractivity contribution is -0.276. The van der Waals surface area contributed by atoms with E-state index in [9.17, 15) is 14.7 Å². The number of hydrogen-bond acceptors (Lipinski definition) is 6. The molecule has 0 aromatic heterocycles. The van der Waals surface area contributed by atoms with Crippen LogP contribution in [-0.2, 0) is 32.2 Å². The van der Waals surface area contributed by atoms with Crippen molar-refractivity contribution in [2.75, 3.05) is 13.1 Å². The molecule has 1 aliphatic carbocycles. The molecule has 1 amide bonds. The lowest BCUT2D eigenvalue weighted by Crippen LogP contribution is -2.47. The van der Waals surface area contributed by atoms with Crippen LogP contribution in [0.25, 0.3) is 11.1 Å². The van der Waals surface area contributed by atoms with Gasteiger partial charge in [-0.2, -0.15) is 0 Å². The van der Waals surface area contributed by atoms with Gasteiger partial charge >= 0.3 is 5.97 Å². The zero-order valence-corrected chi connectivity index (χ0v) is 26.6. The third-order valence-electron chi connectivity index (χ3n) is 9.24. The van der Waals surface area contributed by atoms with E-state index < -0.39 is 12.3 Å². The van der Waals surface area contributed by atoms with Crippen LogP contribution in [0.1, 0.15) is 80.1 Å². The van der Waals surface area contributed by atoms with E-state index >= 15 is 0 Å².